The molecule has 3 N–H and O–H groups in total. The van der Waals surface area contributed by atoms with Crippen LogP contribution in [0.3, 0.4) is 0 Å². The Morgan fingerprint density at radius 1 is 1.32 bits per heavy atom. The molecule has 1 heterocycles. The summed E-state index contributed by atoms with van der Waals surface area (Å²) in [6, 6.07) is 11.4. The molecule has 6 heteroatoms. The largest absolute Gasteiger partial charge is 0.386 e. The van der Waals surface area contributed by atoms with Gasteiger partial charge in [0.1, 0.15) is 5.82 Å². The van der Waals surface area contributed by atoms with Crippen molar-refractivity contribution in [1.29, 1.82) is 0 Å². The molecule has 0 spiro atoms. The van der Waals surface area contributed by atoms with Gasteiger partial charge < -0.3 is 20.6 Å². The maximum Gasteiger partial charge on any atom is 0.319 e. The van der Waals surface area contributed by atoms with E-state index in [1.807, 2.05) is 18.2 Å². The smallest absolute Gasteiger partial charge is 0.319 e. The summed E-state index contributed by atoms with van der Waals surface area (Å²) in [7, 11) is 2.06. The van der Waals surface area contributed by atoms with Crippen LogP contribution >= 0.6 is 0 Å². The van der Waals surface area contributed by atoms with Crippen molar-refractivity contribution in [2.24, 2.45) is 0 Å². The van der Waals surface area contributed by atoms with Crippen LogP contribution in [-0.4, -0.2) is 31.3 Å². The van der Waals surface area contributed by atoms with Gasteiger partial charge in [-0.2, -0.15) is 0 Å². The van der Waals surface area contributed by atoms with Crippen molar-refractivity contribution >= 4 is 17.4 Å². The average molecular weight is 343 g/mol. The van der Waals surface area contributed by atoms with E-state index >= 15 is 0 Å². The first-order valence-corrected chi connectivity index (χ1v) is 8.36. The lowest BCUT2D eigenvalue weighted by molar-refractivity contribution is 0.170. The van der Waals surface area contributed by atoms with E-state index in [2.05, 4.69) is 22.6 Å². The third-order valence-corrected chi connectivity index (χ3v) is 4.41. The zero-order valence-electron chi connectivity index (χ0n) is 14.1. The summed E-state index contributed by atoms with van der Waals surface area (Å²) >= 11 is 0. The van der Waals surface area contributed by atoms with Gasteiger partial charge in [0.15, 0.2) is 0 Å². The number of urea groups is 1. The Labute approximate surface area is 146 Å². The monoisotopic (exact) mass is 343 g/mol. The van der Waals surface area contributed by atoms with Crippen molar-refractivity contribution in [2.45, 2.75) is 18.9 Å². The van der Waals surface area contributed by atoms with Crippen molar-refractivity contribution in [3.05, 3.63) is 59.4 Å². The van der Waals surface area contributed by atoms with Gasteiger partial charge in [-0.3, -0.25) is 0 Å². The van der Waals surface area contributed by atoms with E-state index in [1.54, 1.807) is 12.1 Å². The molecule has 0 saturated heterocycles. The van der Waals surface area contributed by atoms with E-state index in [-0.39, 0.29) is 12.1 Å². The second kappa shape index (κ2) is 7.53. The number of aryl methyl sites for hydroxylation is 1. The van der Waals surface area contributed by atoms with E-state index in [0.717, 1.165) is 19.4 Å². The molecule has 1 atom stereocenters. The van der Waals surface area contributed by atoms with Crippen LogP contribution in [0.15, 0.2) is 42.5 Å². The number of benzene rings is 2. The first kappa shape index (κ1) is 17.2. The molecule has 3 rings (SSSR count). The second-order valence-corrected chi connectivity index (χ2v) is 6.24. The Morgan fingerprint density at radius 3 is 2.92 bits per heavy atom. The molecule has 0 radical (unpaired) electrons. The van der Waals surface area contributed by atoms with Crippen LogP contribution in [0.4, 0.5) is 20.6 Å². The summed E-state index contributed by atoms with van der Waals surface area (Å²) in [4.78, 5) is 14.2. The molecule has 132 valence electrons. The van der Waals surface area contributed by atoms with Crippen LogP contribution in [0.25, 0.3) is 0 Å². The van der Waals surface area contributed by atoms with Crippen LogP contribution in [0.1, 0.15) is 23.7 Å². The van der Waals surface area contributed by atoms with Crippen molar-refractivity contribution in [1.82, 2.24) is 5.32 Å². The fourth-order valence-electron chi connectivity index (χ4n) is 3.08. The Bertz CT molecular complexity index is 766. The van der Waals surface area contributed by atoms with Crippen LogP contribution in [0.5, 0.6) is 0 Å². The van der Waals surface area contributed by atoms with E-state index in [1.165, 1.54) is 23.4 Å². The highest BCUT2D eigenvalue weighted by molar-refractivity contribution is 5.89. The highest BCUT2D eigenvalue weighted by Gasteiger charge is 2.16. The fraction of sp³-hybridized carbons (Fsp3) is 0.316. The SMILES string of the molecule is CN1CCCc2cc(NC(=O)NCC(O)c3ccccc3F)ccc21. The Kier molecular flexibility index (Phi) is 5.19. The molecular weight excluding hydrogens is 321 g/mol. The summed E-state index contributed by atoms with van der Waals surface area (Å²) in [5.41, 5.74) is 3.26. The number of carbonyl (C=O) groups excluding carboxylic acids is 1. The van der Waals surface area contributed by atoms with Gasteiger partial charge in [-0.25, -0.2) is 9.18 Å². The molecule has 5 nitrogen and oxygen atoms in total. The molecule has 2 amide bonds. The lowest BCUT2D eigenvalue weighted by atomic mass is 10.0. The molecule has 1 aliphatic heterocycles. The predicted molar refractivity (Wildman–Crippen MR) is 96.4 cm³/mol. The van der Waals surface area contributed by atoms with Gasteiger partial charge in [0.05, 0.1) is 6.10 Å². The highest BCUT2D eigenvalue weighted by atomic mass is 19.1. The van der Waals surface area contributed by atoms with Gasteiger partial charge in [0, 0.05) is 37.1 Å². The number of aliphatic hydroxyl groups excluding tert-OH is 1. The summed E-state index contributed by atoms with van der Waals surface area (Å²) in [6.07, 6.45) is 0.987. The predicted octanol–water partition coefficient (Wildman–Crippen LogP) is 3.06. The maximum atomic E-state index is 13.6. The van der Waals surface area contributed by atoms with E-state index in [4.69, 9.17) is 0 Å². The van der Waals surface area contributed by atoms with Gasteiger partial charge in [-0.05, 0) is 42.7 Å². The molecule has 1 unspecified atom stereocenters. The van der Waals surface area contributed by atoms with Crippen LogP contribution in [0.2, 0.25) is 0 Å². The van der Waals surface area contributed by atoms with Crippen molar-refractivity contribution < 1.29 is 14.3 Å². The number of amides is 2. The molecule has 1 aliphatic rings. The molecule has 25 heavy (non-hydrogen) atoms. The van der Waals surface area contributed by atoms with Crippen LogP contribution in [-0.2, 0) is 6.42 Å². The summed E-state index contributed by atoms with van der Waals surface area (Å²) in [6.45, 7) is 0.967. The number of aliphatic hydroxyl groups is 1. The summed E-state index contributed by atoms with van der Waals surface area (Å²) in [5, 5.41) is 15.3. The third kappa shape index (κ3) is 4.09. The molecule has 0 aromatic heterocycles. The van der Waals surface area contributed by atoms with Gasteiger partial charge >= 0.3 is 6.03 Å². The number of anilines is 2. The van der Waals surface area contributed by atoms with Crippen molar-refractivity contribution in [2.75, 3.05) is 30.4 Å². The number of carbonyl (C=O) groups is 1. The average Bonchev–Trinajstić information content (AvgIpc) is 2.60. The fourth-order valence-corrected chi connectivity index (χ4v) is 3.08. The van der Waals surface area contributed by atoms with Gasteiger partial charge in [-0.1, -0.05) is 18.2 Å². The number of nitrogens with one attached hydrogen (secondary N) is 2. The number of nitrogens with zero attached hydrogens (tertiary/aromatic N) is 1. The molecule has 0 aliphatic carbocycles. The first-order valence-electron chi connectivity index (χ1n) is 8.36. The number of hydrogen-bond donors (Lipinski definition) is 3. The molecule has 0 fully saturated rings. The van der Waals surface area contributed by atoms with E-state index < -0.39 is 18.0 Å². The minimum Gasteiger partial charge on any atom is -0.386 e. The topological polar surface area (TPSA) is 64.6 Å². The van der Waals surface area contributed by atoms with Crippen LogP contribution < -0.4 is 15.5 Å². The van der Waals surface area contributed by atoms with Crippen molar-refractivity contribution in [3.8, 4) is 0 Å². The zero-order chi connectivity index (χ0) is 17.8. The lowest BCUT2D eigenvalue weighted by Crippen LogP contribution is -2.32. The normalized spacial score (nSPS) is 14.6. The van der Waals surface area contributed by atoms with Crippen LogP contribution in [0, 0.1) is 5.82 Å². The van der Waals surface area contributed by atoms with Gasteiger partial charge in [-0.15, -0.1) is 0 Å². The first-order chi connectivity index (χ1) is 12.0. The molecular formula is C19H22FN3O2. The minimum absolute atomic E-state index is 0.0690. The Morgan fingerprint density at radius 2 is 2.12 bits per heavy atom. The third-order valence-electron chi connectivity index (χ3n) is 4.41. The van der Waals surface area contributed by atoms with Gasteiger partial charge in [0.25, 0.3) is 0 Å². The van der Waals surface area contributed by atoms with E-state index in [0.29, 0.717) is 5.69 Å². The summed E-state index contributed by atoms with van der Waals surface area (Å²) < 4.78 is 13.6. The zero-order valence-corrected chi connectivity index (χ0v) is 14.1. The number of hydrogen-bond acceptors (Lipinski definition) is 3. The quantitative estimate of drug-likeness (QED) is 0.799. The Hall–Kier alpha value is -2.60. The highest BCUT2D eigenvalue weighted by Crippen LogP contribution is 2.28. The van der Waals surface area contributed by atoms with Crippen molar-refractivity contribution in [3.63, 3.8) is 0 Å². The molecule has 0 saturated carbocycles. The number of fused-ring (bicyclic) bond motifs is 1. The van der Waals surface area contributed by atoms with E-state index in [9.17, 15) is 14.3 Å². The number of halogens is 1. The standard InChI is InChI=1S/C19H22FN3O2/c1-23-10-4-5-13-11-14(8-9-17(13)23)22-19(25)21-12-18(24)15-6-2-3-7-16(15)20/h2-3,6-9,11,18,24H,4-5,10,12H2,1H3,(H2,21,22,25). The van der Waals surface area contributed by atoms with Gasteiger partial charge in [0.2, 0.25) is 0 Å². The Balaban J connectivity index is 1.57. The molecule has 2 aromatic rings. The second-order valence-electron chi connectivity index (χ2n) is 6.24. The molecule has 0 bridgehead atoms. The molecule has 2 aromatic carbocycles. The summed E-state index contributed by atoms with van der Waals surface area (Å²) in [5.74, 6) is -0.490. The maximum absolute atomic E-state index is 13.6. The lowest BCUT2D eigenvalue weighted by Gasteiger charge is -2.27. The number of rotatable bonds is 4. The minimum atomic E-state index is -1.09.